The first-order valence-corrected chi connectivity index (χ1v) is 12.0. The fourth-order valence-electron chi connectivity index (χ4n) is 4.87. The van der Waals surface area contributed by atoms with E-state index in [1.807, 2.05) is 42.5 Å². The van der Waals surface area contributed by atoms with E-state index < -0.39 is 4.92 Å². The minimum Gasteiger partial charge on any atom is -0.507 e. The Kier molecular flexibility index (Phi) is 4.96. The number of nitro benzene ring substituents is 1. The van der Waals surface area contributed by atoms with Gasteiger partial charge in [0, 0.05) is 23.3 Å². The lowest BCUT2D eigenvalue weighted by Gasteiger charge is -2.30. The number of aromatic hydroxyl groups is 1. The van der Waals surface area contributed by atoms with E-state index in [0.29, 0.717) is 9.33 Å². The Morgan fingerprint density at radius 3 is 2.63 bits per heavy atom. The number of aryl methyl sites for hydroxylation is 1. The Hall–Kier alpha value is -4.30. The zero-order valence-electron chi connectivity index (χ0n) is 18.4. The fourth-order valence-corrected chi connectivity index (χ4v) is 5.86. The number of phenolic OH excluding ortho intramolecular Hbond substituents is 1. The molecule has 4 aromatic rings. The number of benzene rings is 3. The highest BCUT2D eigenvalue weighted by Crippen LogP contribution is 2.41. The van der Waals surface area contributed by atoms with Gasteiger partial charge in [0.2, 0.25) is 0 Å². The highest BCUT2D eigenvalue weighted by molar-refractivity contribution is 7.07. The average molecular weight is 482 g/mol. The first kappa shape index (κ1) is 21.2. The maximum atomic E-state index is 13.7. The molecule has 35 heavy (non-hydrogen) atoms. The normalized spacial score (nSPS) is 16.8. The number of nitro groups is 1. The van der Waals surface area contributed by atoms with E-state index in [2.05, 4.69) is 12.1 Å². The van der Waals surface area contributed by atoms with Gasteiger partial charge in [-0.15, -0.1) is 0 Å². The Morgan fingerprint density at radius 2 is 1.83 bits per heavy atom. The van der Waals surface area contributed by atoms with Gasteiger partial charge < -0.3 is 5.11 Å². The van der Waals surface area contributed by atoms with Gasteiger partial charge in [0.1, 0.15) is 5.75 Å². The van der Waals surface area contributed by atoms with Crippen molar-refractivity contribution in [1.29, 1.82) is 0 Å². The fraction of sp³-hybridized carbons (Fsp3) is 0.111. The van der Waals surface area contributed by atoms with E-state index in [1.165, 1.54) is 41.2 Å². The number of thiazole rings is 1. The molecule has 8 heteroatoms. The van der Waals surface area contributed by atoms with Crippen LogP contribution in [0.1, 0.15) is 34.7 Å². The highest BCUT2D eigenvalue weighted by Gasteiger charge is 2.32. The molecule has 1 aromatic heterocycles. The summed E-state index contributed by atoms with van der Waals surface area (Å²) >= 11 is 1.22. The van der Waals surface area contributed by atoms with E-state index in [4.69, 9.17) is 4.99 Å². The van der Waals surface area contributed by atoms with E-state index in [-0.39, 0.29) is 28.6 Å². The van der Waals surface area contributed by atoms with E-state index in [9.17, 15) is 20.0 Å². The average Bonchev–Trinajstić information content (AvgIpc) is 3.18. The van der Waals surface area contributed by atoms with Crippen LogP contribution in [0.2, 0.25) is 0 Å². The van der Waals surface area contributed by atoms with Gasteiger partial charge in [0.25, 0.3) is 11.2 Å². The molecule has 0 saturated carbocycles. The van der Waals surface area contributed by atoms with Crippen molar-refractivity contribution in [1.82, 2.24) is 4.57 Å². The summed E-state index contributed by atoms with van der Waals surface area (Å²) in [6.45, 7) is 0. The van der Waals surface area contributed by atoms with Gasteiger partial charge in [-0.3, -0.25) is 19.5 Å². The molecular formula is C27H19N3O4S. The molecule has 172 valence electrons. The predicted octanol–water partition coefficient (Wildman–Crippen LogP) is 3.93. The number of nitrogens with zero attached hydrogens (tertiary/aromatic N) is 3. The number of aromatic nitrogens is 1. The molecule has 0 amide bonds. The van der Waals surface area contributed by atoms with Crippen LogP contribution < -0.4 is 14.9 Å². The van der Waals surface area contributed by atoms with Gasteiger partial charge >= 0.3 is 0 Å². The van der Waals surface area contributed by atoms with Crippen LogP contribution in [-0.4, -0.2) is 14.6 Å². The number of hydrogen-bond donors (Lipinski definition) is 1. The minimum absolute atomic E-state index is 0.130. The number of non-ortho nitro benzene ring substituents is 1. The monoisotopic (exact) mass is 481 g/mol. The van der Waals surface area contributed by atoms with Gasteiger partial charge in [-0.25, -0.2) is 4.99 Å². The molecule has 1 atom stereocenters. The lowest BCUT2D eigenvalue weighted by atomic mass is 9.83. The first-order chi connectivity index (χ1) is 17.0. The Bertz CT molecular complexity index is 1720. The molecule has 0 bridgehead atoms. The second-order valence-corrected chi connectivity index (χ2v) is 9.53. The molecule has 3 aromatic carbocycles. The number of fused-ring (bicyclic) bond motifs is 3. The van der Waals surface area contributed by atoms with Crippen molar-refractivity contribution in [3.8, 4) is 5.75 Å². The molecule has 2 heterocycles. The molecule has 0 spiro atoms. The van der Waals surface area contributed by atoms with Crippen LogP contribution >= 0.6 is 11.3 Å². The van der Waals surface area contributed by atoms with Crippen LogP contribution in [0.5, 0.6) is 5.75 Å². The van der Waals surface area contributed by atoms with E-state index >= 15 is 0 Å². The maximum absolute atomic E-state index is 13.7. The molecule has 1 aliphatic heterocycles. The molecule has 1 aliphatic carbocycles. The standard InChI is InChI=1S/C27H19N3O4S/c31-22-13-11-19(30(33)34)14-18(22)15-23-26(32)29-25(17-7-2-1-3-8-17)21-12-10-16-6-4-5-9-20(16)24(21)28-27(29)35-23/h1-9,11,13-15,25,31H,10,12H2/b23-15+/t25-/m0/s1. The lowest BCUT2D eigenvalue weighted by molar-refractivity contribution is -0.384. The Balaban J connectivity index is 1.62. The largest absolute Gasteiger partial charge is 0.507 e. The maximum Gasteiger partial charge on any atom is 0.271 e. The third kappa shape index (κ3) is 3.50. The second kappa shape index (κ2) is 8.18. The molecule has 6 rings (SSSR count). The minimum atomic E-state index is -0.529. The highest BCUT2D eigenvalue weighted by atomic mass is 32.1. The van der Waals surface area contributed by atoms with Crippen molar-refractivity contribution in [3.63, 3.8) is 0 Å². The zero-order valence-corrected chi connectivity index (χ0v) is 19.2. The smallest absolute Gasteiger partial charge is 0.271 e. The van der Waals surface area contributed by atoms with Crippen molar-refractivity contribution in [2.45, 2.75) is 18.9 Å². The van der Waals surface area contributed by atoms with Gasteiger partial charge in [0.05, 0.1) is 21.2 Å². The summed E-state index contributed by atoms with van der Waals surface area (Å²) in [4.78, 5) is 29.9. The Morgan fingerprint density at radius 1 is 1.06 bits per heavy atom. The second-order valence-electron chi connectivity index (χ2n) is 8.52. The van der Waals surface area contributed by atoms with Crippen molar-refractivity contribution in [2.75, 3.05) is 0 Å². The molecule has 0 saturated heterocycles. The van der Waals surface area contributed by atoms with Crippen LogP contribution in [0.15, 0.2) is 88.2 Å². The topological polar surface area (TPSA) is 97.7 Å². The van der Waals surface area contributed by atoms with Crippen LogP contribution in [0.3, 0.4) is 0 Å². The third-order valence-electron chi connectivity index (χ3n) is 6.50. The van der Waals surface area contributed by atoms with E-state index in [0.717, 1.165) is 35.2 Å². The predicted molar refractivity (Wildman–Crippen MR) is 134 cm³/mol. The van der Waals surface area contributed by atoms with Crippen molar-refractivity contribution < 1.29 is 10.0 Å². The van der Waals surface area contributed by atoms with Gasteiger partial charge in [-0.05, 0) is 41.7 Å². The number of rotatable bonds is 3. The molecule has 7 nitrogen and oxygen atoms in total. The summed E-state index contributed by atoms with van der Waals surface area (Å²) < 4.78 is 2.07. The van der Waals surface area contributed by atoms with E-state index in [1.54, 1.807) is 4.57 Å². The number of phenols is 1. The van der Waals surface area contributed by atoms with Crippen molar-refractivity contribution in [3.05, 3.63) is 130 Å². The van der Waals surface area contributed by atoms with Crippen molar-refractivity contribution in [2.24, 2.45) is 4.99 Å². The molecule has 0 radical (unpaired) electrons. The van der Waals surface area contributed by atoms with Crippen molar-refractivity contribution >= 4 is 28.8 Å². The van der Waals surface area contributed by atoms with Crippen LogP contribution in [0, 0.1) is 10.1 Å². The molecule has 1 N–H and O–H groups in total. The quantitative estimate of drug-likeness (QED) is 0.354. The Labute approximate surface area is 203 Å². The van der Waals surface area contributed by atoms with Gasteiger partial charge in [-0.1, -0.05) is 65.9 Å². The molecule has 0 fully saturated rings. The van der Waals surface area contributed by atoms with Crippen LogP contribution in [0.4, 0.5) is 5.69 Å². The van der Waals surface area contributed by atoms with Crippen LogP contribution in [-0.2, 0) is 6.42 Å². The summed E-state index contributed by atoms with van der Waals surface area (Å²) in [5.41, 5.74) is 5.16. The van der Waals surface area contributed by atoms with Gasteiger partial charge in [-0.2, -0.15) is 0 Å². The molecule has 2 aliphatic rings. The zero-order chi connectivity index (χ0) is 24.1. The first-order valence-electron chi connectivity index (χ1n) is 11.2. The van der Waals surface area contributed by atoms with Gasteiger partial charge in [0.15, 0.2) is 4.80 Å². The lowest BCUT2D eigenvalue weighted by Crippen LogP contribution is -2.38. The third-order valence-corrected chi connectivity index (χ3v) is 7.48. The number of hydrogen-bond acceptors (Lipinski definition) is 6. The summed E-state index contributed by atoms with van der Waals surface area (Å²) in [7, 11) is 0. The summed E-state index contributed by atoms with van der Waals surface area (Å²) in [6.07, 6.45) is 3.18. The summed E-state index contributed by atoms with van der Waals surface area (Å²) in [5, 5.41) is 21.5. The molecule has 0 unspecified atom stereocenters. The number of allylic oxidation sites excluding steroid dienone is 1. The summed E-state index contributed by atoms with van der Waals surface area (Å²) in [5.74, 6) is -0.130. The van der Waals surface area contributed by atoms with Crippen LogP contribution in [0.25, 0.3) is 11.8 Å². The summed E-state index contributed by atoms with van der Waals surface area (Å²) in [6, 6.07) is 21.6. The SMILES string of the molecule is O=c1/c(=C\c2cc([N+](=O)[O-])ccc2O)sc2n1[C@@H](c1ccccc1)C1=C(N=2)c2ccccc2CC1. The molecular weight excluding hydrogens is 462 g/mol.